The molecule has 0 bridgehead atoms. The summed E-state index contributed by atoms with van der Waals surface area (Å²) in [6.07, 6.45) is 2.60. The lowest BCUT2D eigenvalue weighted by Crippen LogP contribution is -2.13. The number of aryl methyl sites for hydroxylation is 1. The van der Waals surface area contributed by atoms with E-state index in [9.17, 15) is 0 Å². The second-order valence-electron chi connectivity index (χ2n) is 4.88. The lowest BCUT2D eigenvalue weighted by atomic mass is 10.0. The molecule has 0 fully saturated rings. The third kappa shape index (κ3) is 2.81. The highest BCUT2D eigenvalue weighted by molar-refractivity contribution is 7.15. The fourth-order valence-electron chi connectivity index (χ4n) is 2.20. The van der Waals surface area contributed by atoms with E-state index in [-0.39, 0.29) is 6.04 Å². The van der Waals surface area contributed by atoms with Crippen molar-refractivity contribution in [3.8, 4) is 10.6 Å². The molecule has 1 atom stereocenters. The number of aromatic amines is 1. The van der Waals surface area contributed by atoms with Gasteiger partial charge >= 0.3 is 0 Å². The van der Waals surface area contributed by atoms with E-state index in [1.165, 1.54) is 9.75 Å². The number of rotatable bonds is 4. The minimum absolute atomic E-state index is 0.0275. The number of nitrogens with one attached hydrogen (secondary N) is 1. The zero-order chi connectivity index (χ0) is 13.9. The van der Waals surface area contributed by atoms with Crippen molar-refractivity contribution in [2.45, 2.75) is 19.4 Å². The Morgan fingerprint density at radius 3 is 2.70 bits per heavy atom. The van der Waals surface area contributed by atoms with E-state index in [4.69, 9.17) is 5.73 Å². The summed E-state index contributed by atoms with van der Waals surface area (Å²) >= 11 is 1.77. The number of imidazole rings is 1. The molecule has 0 saturated carbocycles. The van der Waals surface area contributed by atoms with Crippen LogP contribution in [0.3, 0.4) is 0 Å². The predicted molar refractivity (Wildman–Crippen MR) is 83.7 cm³/mol. The maximum Gasteiger partial charge on any atom is 0.108 e. The fraction of sp³-hybridized carbons (Fsp3) is 0.188. The third-order valence-corrected chi connectivity index (χ3v) is 4.31. The quantitative estimate of drug-likeness (QED) is 0.767. The Hall–Kier alpha value is -1.91. The van der Waals surface area contributed by atoms with Gasteiger partial charge in [0.05, 0.1) is 16.8 Å². The highest BCUT2D eigenvalue weighted by atomic mass is 32.1. The summed E-state index contributed by atoms with van der Waals surface area (Å²) in [6, 6.07) is 14.3. The first kappa shape index (κ1) is 13.1. The molecule has 0 amide bonds. The summed E-state index contributed by atoms with van der Waals surface area (Å²) in [5.74, 6) is 0.933. The number of nitrogens with two attached hydrogens (primary N) is 1. The van der Waals surface area contributed by atoms with Crippen molar-refractivity contribution in [2.24, 2.45) is 5.73 Å². The number of aromatic nitrogens is 2. The number of hydrogen-bond donors (Lipinski definition) is 2. The van der Waals surface area contributed by atoms with Gasteiger partial charge in [-0.25, -0.2) is 4.98 Å². The molecule has 0 radical (unpaired) electrons. The number of nitrogens with zero attached hydrogens (tertiary/aromatic N) is 1. The van der Waals surface area contributed by atoms with Crippen LogP contribution in [-0.4, -0.2) is 9.97 Å². The molecule has 0 spiro atoms. The Morgan fingerprint density at radius 1 is 1.20 bits per heavy atom. The van der Waals surface area contributed by atoms with Crippen LogP contribution in [0.4, 0.5) is 0 Å². The first-order valence-corrected chi connectivity index (χ1v) is 7.45. The van der Waals surface area contributed by atoms with E-state index in [0.717, 1.165) is 17.1 Å². The second kappa shape index (κ2) is 5.61. The van der Waals surface area contributed by atoms with Gasteiger partial charge in [0.15, 0.2) is 0 Å². The lowest BCUT2D eigenvalue weighted by molar-refractivity contribution is 0.695. The van der Waals surface area contributed by atoms with Gasteiger partial charge in [0.1, 0.15) is 5.82 Å². The van der Waals surface area contributed by atoms with Gasteiger partial charge in [-0.2, -0.15) is 0 Å². The molecule has 1 unspecified atom stereocenters. The van der Waals surface area contributed by atoms with Gasteiger partial charge < -0.3 is 10.7 Å². The van der Waals surface area contributed by atoms with Gasteiger partial charge in [0, 0.05) is 17.3 Å². The maximum absolute atomic E-state index is 6.22. The summed E-state index contributed by atoms with van der Waals surface area (Å²) in [7, 11) is 0. The van der Waals surface area contributed by atoms with Crippen LogP contribution in [0.5, 0.6) is 0 Å². The monoisotopic (exact) mass is 283 g/mol. The lowest BCUT2D eigenvalue weighted by Gasteiger charge is -2.09. The van der Waals surface area contributed by atoms with Crippen molar-refractivity contribution in [1.82, 2.24) is 9.97 Å². The van der Waals surface area contributed by atoms with E-state index in [1.807, 2.05) is 24.4 Å². The standard InChI is InChI=1S/C16H17N3S/c1-11-7-8-15(20-11)14-10-18-16(19-14)9-13(17)12-5-3-2-4-6-12/h2-8,10,13H,9,17H2,1H3,(H,18,19). The number of hydrogen-bond acceptors (Lipinski definition) is 3. The predicted octanol–water partition coefficient (Wildman–Crippen LogP) is 3.69. The van der Waals surface area contributed by atoms with Gasteiger partial charge in [-0.3, -0.25) is 0 Å². The van der Waals surface area contributed by atoms with Crippen molar-refractivity contribution in [3.63, 3.8) is 0 Å². The van der Waals surface area contributed by atoms with Crippen LogP contribution < -0.4 is 5.73 Å². The zero-order valence-corrected chi connectivity index (χ0v) is 12.2. The van der Waals surface area contributed by atoms with E-state index in [0.29, 0.717) is 6.42 Å². The molecule has 4 heteroatoms. The van der Waals surface area contributed by atoms with Gasteiger partial charge in [0.25, 0.3) is 0 Å². The summed E-state index contributed by atoms with van der Waals surface area (Å²) in [4.78, 5) is 10.3. The average Bonchev–Trinajstić information content (AvgIpc) is 3.09. The van der Waals surface area contributed by atoms with Crippen molar-refractivity contribution < 1.29 is 0 Å². The van der Waals surface area contributed by atoms with E-state index in [1.54, 1.807) is 11.3 Å². The van der Waals surface area contributed by atoms with Crippen molar-refractivity contribution in [2.75, 3.05) is 0 Å². The van der Waals surface area contributed by atoms with E-state index >= 15 is 0 Å². The SMILES string of the molecule is Cc1ccc(-c2cnc(CC(N)c3ccccc3)[nH]2)s1. The Balaban J connectivity index is 1.74. The maximum atomic E-state index is 6.22. The second-order valence-corrected chi connectivity index (χ2v) is 6.16. The van der Waals surface area contributed by atoms with Crippen LogP contribution in [0.15, 0.2) is 48.7 Å². The molecule has 20 heavy (non-hydrogen) atoms. The number of H-pyrrole nitrogens is 1. The molecule has 2 aromatic heterocycles. The molecule has 3 N–H and O–H groups in total. The molecule has 2 heterocycles. The molecule has 3 rings (SSSR count). The Kier molecular flexibility index (Phi) is 3.67. The van der Waals surface area contributed by atoms with E-state index in [2.05, 4.69) is 41.2 Å². The molecule has 102 valence electrons. The average molecular weight is 283 g/mol. The van der Waals surface area contributed by atoms with Gasteiger partial charge in [0.2, 0.25) is 0 Å². The Bertz CT molecular complexity index is 685. The van der Waals surface area contributed by atoms with Crippen LogP contribution in [-0.2, 0) is 6.42 Å². The molecule has 3 aromatic rings. The molecular weight excluding hydrogens is 266 g/mol. The van der Waals surface area contributed by atoms with Crippen LogP contribution in [0.2, 0.25) is 0 Å². The van der Waals surface area contributed by atoms with Crippen LogP contribution in [0.25, 0.3) is 10.6 Å². The third-order valence-electron chi connectivity index (χ3n) is 3.28. The molecule has 0 saturated heterocycles. The Labute approximate surface area is 122 Å². The first-order chi connectivity index (χ1) is 9.72. The first-order valence-electron chi connectivity index (χ1n) is 6.63. The molecular formula is C16H17N3S. The Morgan fingerprint density at radius 2 is 2.00 bits per heavy atom. The molecule has 3 nitrogen and oxygen atoms in total. The largest absolute Gasteiger partial charge is 0.341 e. The molecule has 0 aliphatic carbocycles. The summed E-state index contributed by atoms with van der Waals surface area (Å²) in [5, 5.41) is 0. The summed E-state index contributed by atoms with van der Waals surface area (Å²) in [6.45, 7) is 2.11. The highest BCUT2D eigenvalue weighted by Crippen LogP contribution is 2.26. The normalized spacial score (nSPS) is 12.5. The van der Waals surface area contributed by atoms with Crippen LogP contribution >= 0.6 is 11.3 Å². The van der Waals surface area contributed by atoms with Gasteiger partial charge in [-0.1, -0.05) is 30.3 Å². The molecule has 0 aliphatic rings. The van der Waals surface area contributed by atoms with Crippen LogP contribution in [0, 0.1) is 6.92 Å². The van der Waals surface area contributed by atoms with Crippen molar-refractivity contribution in [1.29, 1.82) is 0 Å². The van der Waals surface area contributed by atoms with Gasteiger partial charge in [-0.05, 0) is 24.6 Å². The number of benzene rings is 1. The minimum atomic E-state index is -0.0275. The van der Waals surface area contributed by atoms with E-state index < -0.39 is 0 Å². The smallest absolute Gasteiger partial charge is 0.108 e. The van der Waals surface area contributed by atoms with Crippen molar-refractivity contribution >= 4 is 11.3 Å². The van der Waals surface area contributed by atoms with Gasteiger partial charge in [-0.15, -0.1) is 11.3 Å². The van der Waals surface area contributed by atoms with Crippen molar-refractivity contribution in [3.05, 3.63) is 64.9 Å². The summed E-state index contributed by atoms with van der Waals surface area (Å²) in [5.41, 5.74) is 8.43. The topological polar surface area (TPSA) is 54.7 Å². The van der Waals surface area contributed by atoms with Crippen LogP contribution in [0.1, 0.15) is 22.3 Å². The molecule has 0 aliphatic heterocycles. The fourth-order valence-corrected chi connectivity index (χ4v) is 3.03. The summed E-state index contributed by atoms with van der Waals surface area (Å²) < 4.78 is 0. The number of thiophene rings is 1. The minimum Gasteiger partial charge on any atom is -0.341 e. The molecule has 1 aromatic carbocycles. The highest BCUT2D eigenvalue weighted by Gasteiger charge is 2.10. The zero-order valence-electron chi connectivity index (χ0n) is 11.3.